The molecule has 0 bridgehead atoms. The first-order valence-corrected chi connectivity index (χ1v) is 10.3. The summed E-state index contributed by atoms with van der Waals surface area (Å²) in [7, 11) is 0. The minimum absolute atomic E-state index is 0.0475. The van der Waals surface area contributed by atoms with Crippen LogP contribution in [0.1, 0.15) is 43.1 Å². The van der Waals surface area contributed by atoms with Gasteiger partial charge in [0, 0.05) is 29.9 Å². The molecule has 7 nitrogen and oxygen atoms in total. The third-order valence-electron chi connectivity index (χ3n) is 5.32. The number of carbonyl (C=O) groups is 4. The van der Waals surface area contributed by atoms with Crippen LogP contribution in [0.25, 0.3) is 0 Å². The zero-order chi connectivity index (χ0) is 22.5. The number of nitrogens with one attached hydrogen (secondary N) is 1. The van der Waals surface area contributed by atoms with Crippen LogP contribution in [-0.4, -0.2) is 36.2 Å². The van der Waals surface area contributed by atoms with Crippen LogP contribution in [0.3, 0.4) is 0 Å². The molecule has 2 atom stereocenters. The van der Waals surface area contributed by atoms with E-state index in [9.17, 15) is 19.2 Å². The quantitative estimate of drug-likeness (QED) is 0.545. The Hall–Kier alpha value is -3.48. The first kappa shape index (κ1) is 22.2. The Balaban J connectivity index is 1.61. The highest BCUT2D eigenvalue weighted by molar-refractivity contribution is 6.01. The SMILES string of the molecule is CCc1ccccc1N1C[C@H](C(=O)O[C@@H](C)C(=O)Nc2cccc(C(C)=O)c2)CC1=O. The van der Waals surface area contributed by atoms with E-state index in [2.05, 4.69) is 5.32 Å². The van der Waals surface area contributed by atoms with Crippen LogP contribution in [0.15, 0.2) is 48.5 Å². The molecule has 3 rings (SSSR count). The van der Waals surface area contributed by atoms with Crippen molar-refractivity contribution < 1.29 is 23.9 Å². The van der Waals surface area contributed by atoms with Crippen molar-refractivity contribution in [1.82, 2.24) is 0 Å². The van der Waals surface area contributed by atoms with Gasteiger partial charge in [0.25, 0.3) is 5.91 Å². The van der Waals surface area contributed by atoms with Gasteiger partial charge >= 0.3 is 5.97 Å². The fraction of sp³-hybridized carbons (Fsp3) is 0.333. The molecule has 2 aromatic rings. The average molecular weight is 422 g/mol. The highest BCUT2D eigenvalue weighted by Crippen LogP contribution is 2.29. The highest BCUT2D eigenvalue weighted by atomic mass is 16.5. The van der Waals surface area contributed by atoms with Gasteiger partial charge in [-0.25, -0.2) is 0 Å². The van der Waals surface area contributed by atoms with Crippen LogP contribution < -0.4 is 10.2 Å². The van der Waals surface area contributed by atoms with E-state index in [1.54, 1.807) is 29.2 Å². The van der Waals surface area contributed by atoms with Crippen LogP contribution in [0, 0.1) is 5.92 Å². The maximum atomic E-state index is 12.6. The molecular formula is C24H26N2O5. The molecule has 0 spiro atoms. The monoisotopic (exact) mass is 422 g/mol. The molecule has 0 radical (unpaired) electrons. The normalized spacial score (nSPS) is 16.7. The number of anilines is 2. The predicted octanol–water partition coefficient (Wildman–Crippen LogP) is 3.37. The van der Waals surface area contributed by atoms with E-state index in [4.69, 9.17) is 4.74 Å². The summed E-state index contributed by atoms with van der Waals surface area (Å²) in [5.74, 6) is -1.97. The van der Waals surface area contributed by atoms with Crippen LogP contribution in [0.5, 0.6) is 0 Å². The van der Waals surface area contributed by atoms with Gasteiger partial charge in [0.15, 0.2) is 11.9 Å². The van der Waals surface area contributed by atoms with Gasteiger partial charge in [-0.1, -0.05) is 37.3 Å². The molecule has 1 aliphatic rings. The molecule has 2 amide bonds. The van der Waals surface area contributed by atoms with Gasteiger partial charge in [-0.3, -0.25) is 19.2 Å². The Bertz CT molecular complexity index is 1020. The molecule has 0 aromatic heterocycles. The number of esters is 1. The molecule has 0 unspecified atom stereocenters. The van der Waals surface area contributed by atoms with Crippen molar-refractivity contribution in [3.05, 3.63) is 59.7 Å². The number of hydrogen-bond acceptors (Lipinski definition) is 5. The van der Waals surface area contributed by atoms with Crippen molar-refractivity contribution in [3.8, 4) is 0 Å². The zero-order valence-corrected chi connectivity index (χ0v) is 17.9. The summed E-state index contributed by atoms with van der Waals surface area (Å²) in [6.07, 6.45) is -0.219. The Kier molecular flexibility index (Phi) is 6.84. The molecule has 162 valence electrons. The number of amides is 2. The summed E-state index contributed by atoms with van der Waals surface area (Å²) in [5.41, 5.74) is 2.75. The second-order valence-electron chi connectivity index (χ2n) is 7.59. The summed E-state index contributed by atoms with van der Waals surface area (Å²) in [6.45, 7) is 5.15. The molecule has 1 saturated heterocycles. The van der Waals surface area contributed by atoms with E-state index >= 15 is 0 Å². The van der Waals surface area contributed by atoms with E-state index in [0.717, 1.165) is 17.7 Å². The minimum atomic E-state index is -1.04. The van der Waals surface area contributed by atoms with E-state index in [0.29, 0.717) is 11.3 Å². The second-order valence-corrected chi connectivity index (χ2v) is 7.59. The summed E-state index contributed by atoms with van der Waals surface area (Å²) in [6, 6.07) is 14.1. The number of hydrogen-bond donors (Lipinski definition) is 1. The van der Waals surface area contributed by atoms with Crippen molar-refractivity contribution >= 4 is 34.9 Å². The smallest absolute Gasteiger partial charge is 0.312 e. The Labute approximate surface area is 181 Å². The number of carbonyl (C=O) groups excluding carboxylic acids is 4. The minimum Gasteiger partial charge on any atom is -0.452 e. The lowest BCUT2D eigenvalue weighted by atomic mass is 10.1. The topological polar surface area (TPSA) is 92.8 Å². The molecule has 2 aromatic carbocycles. The van der Waals surface area contributed by atoms with Gasteiger partial charge in [-0.2, -0.15) is 0 Å². The molecule has 31 heavy (non-hydrogen) atoms. The maximum absolute atomic E-state index is 12.6. The first-order valence-electron chi connectivity index (χ1n) is 10.3. The van der Waals surface area contributed by atoms with Crippen LogP contribution in [0.2, 0.25) is 0 Å². The van der Waals surface area contributed by atoms with Gasteiger partial charge in [0.2, 0.25) is 5.91 Å². The lowest BCUT2D eigenvalue weighted by Gasteiger charge is -2.20. The van der Waals surface area contributed by atoms with E-state index in [-0.39, 0.29) is 24.7 Å². The van der Waals surface area contributed by atoms with Crippen LogP contribution in [0.4, 0.5) is 11.4 Å². The number of ether oxygens (including phenoxy) is 1. The Morgan fingerprint density at radius 3 is 2.61 bits per heavy atom. The summed E-state index contributed by atoms with van der Waals surface area (Å²) >= 11 is 0. The highest BCUT2D eigenvalue weighted by Gasteiger charge is 2.37. The van der Waals surface area contributed by atoms with Gasteiger partial charge in [0.05, 0.1) is 5.92 Å². The lowest BCUT2D eigenvalue weighted by molar-refractivity contribution is -0.157. The van der Waals surface area contributed by atoms with E-state index in [1.165, 1.54) is 13.8 Å². The molecular weight excluding hydrogens is 396 g/mol. The molecule has 1 fully saturated rings. The number of Topliss-reactive ketones (excluding diaryl/α,β-unsaturated/α-hetero) is 1. The van der Waals surface area contributed by atoms with Crippen LogP contribution in [-0.2, 0) is 25.5 Å². The molecule has 7 heteroatoms. The summed E-state index contributed by atoms with van der Waals surface area (Å²) < 4.78 is 5.34. The number of ketones is 1. The van der Waals surface area contributed by atoms with Gasteiger partial charge in [-0.05, 0) is 44.0 Å². The van der Waals surface area contributed by atoms with E-state index < -0.39 is 23.9 Å². The molecule has 1 aliphatic heterocycles. The Morgan fingerprint density at radius 2 is 1.90 bits per heavy atom. The zero-order valence-electron chi connectivity index (χ0n) is 17.9. The third kappa shape index (κ3) is 5.17. The number of rotatable bonds is 7. The van der Waals surface area contributed by atoms with E-state index in [1.807, 2.05) is 31.2 Å². The van der Waals surface area contributed by atoms with Crippen molar-refractivity contribution in [3.63, 3.8) is 0 Å². The van der Waals surface area contributed by atoms with Gasteiger partial charge in [0.1, 0.15) is 0 Å². The maximum Gasteiger partial charge on any atom is 0.312 e. The van der Waals surface area contributed by atoms with Gasteiger partial charge in [-0.15, -0.1) is 0 Å². The third-order valence-corrected chi connectivity index (χ3v) is 5.32. The van der Waals surface area contributed by atoms with Crippen LogP contribution >= 0.6 is 0 Å². The lowest BCUT2D eigenvalue weighted by Crippen LogP contribution is -2.33. The first-order chi connectivity index (χ1) is 14.8. The number of para-hydroxylation sites is 1. The fourth-order valence-electron chi connectivity index (χ4n) is 3.56. The largest absolute Gasteiger partial charge is 0.452 e. The number of aryl methyl sites for hydroxylation is 1. The van der Waals surface area contributed by atoms with Crippen molar-refractivity contribution in [2.24, 2.45) is 5.92 Å². The average Bonchev–Trinajstić information content (AvgIpc) is 3.15. The Morgan fingerprint density at radius 1 is 1.16 bits per heavy atom. The standard InChI is InChI=1S/C24H26N2O5/c1-4-17-8-5-6-11-21(17)26-14-19(13-22(26)28)24(30)31-16(3)23(29)25-20-10-7-9-18(12-20)15(2)27/h5-12,16,19H,4,13-14H2,1-3H3,(H,25,29)/t16-,19+/m0/s1. The van der Waals surface area contributed by atoms with Gasteiger partial charge < -0.3 is 15.0 Å². The molecule has 1 N–H and O–H groups in total. The summed E-state index contributed by atoms with van der Waals surface area (Å²) in [5, 5.41) is 2.65. The fourth-order valence-corrected chi connectivity index (χ4v) is 3.56. The van der Waals surface area contributed by atoms with Crippen molar-refractivity contribution in [2.45, 2.75) is 39.7 Å². The molecule has 0 aliphatic carbocycles. The summed E-state index contributed by atoms with van der Waals surface area (Å²) in [4.78, 5) is 50.7. The van der Waals surface area contributed by atoms with Crippen molar-refractivity contribution in [1.29, 1.82) is 0 Å². The second kappa shape index (κ2) is 9.55. The van der Waals surface area contributed by atoms with Crippen molar-refractivity contribution in [2.75, 3.05) is 16.8 Å². The predicted molar refractivity (Wildman–Crippen MR) is 117 cm³/mol. The molecule has 0 saturated carbocycles. The number of nitrogens with zero attached hydrogens (tertiary/aromatic N) is 1. The number of benzene rings is 2. The molecule has 1 heterocycles.